The molecule has 140 valence electrons. The number of halogens is 3. The number of hydrogen-bond donors (Lipinski definition) is 0. The van der Waals surface area contributed by atoms with Gasteiger partial charge in [0.15, 0.2) is 22.0 Å². The summed E-state index contributed by atoms with van der Waals surface area (Å²) in [4.78, 5) is 0. The first-order valence-electron chi connectivity index (χ1n) is 6.53. The van der Waals surface area contributed by atoms with Crippen LogP contribution in [0.3, 0.4) is 0 Å². The first-order valence-corrected chi connectivity index (χ1v) is 9.87. The molecule has 0 amide bonds. The highest BCUT2D eigenvalue weighted by molar-refractivity contribution is 7.86. The predicted molar refractivity (Wildman–Crippen MR) is 78.7 cm³/mol. The van der Waals surface area contributed by atoms with Crippen LogP contribution < -0.4 is 4.57 Å². The highest BCUT2D eigenvalue weighted by Crippen LogP contribution is 2.20. The van der Waals surface area contributed by atoms with E-state index in [9.17, 15) is 13.2 Å². The maximum Gasteiger partial charge on any atom is 0.500 e. The maximum atomic E-state index is 10.7. The van der Waals surface area contributed by atoms with Gasteiger partial charge >= 0.3 is 14.3 Å². The topological polar surface area (TPSA) is 88.8 Å². The Labute approximate surface area is 140 Å². The Morgan fingerprint density at radius 1 is 1.17 bits per heavy atom. The summed E-state index contributed by atoms with van der Waals surface area (Å²) in [7, 11) is -1.56. The Balaban J connectivity index is 0.000000561. The second kappa shape index (κ2) is 9.44. The van der Waals surface area contributed by atoms with Crippen molar-refractivity contribution >= 4 is 18.9 Å². The molecular formula is C12H20F3NO6SSi. The van der Waals surface area contributed by atoms with Crippen LogP contribution in [0, 0.1) is 0 Å². The zero-order valence-corrected chi connectivity index (χ0v) is 15.5. The third-order valence-electron chi connectivity index (χ3n) is 3.07. The molecule has 1 aromatic rings. The monoisotopic (exact) mass is 391 g/mol. The molecule has 0 radical (unpaired) electrons. The van der Waals surface area contributed by atoms with Gasteiger partial charge in [-0.15, -0.1) is 0 Å². The van der Waals surface area contributed by atoms with Gasteiger partial charge in [-0.3, -0.25) is 0 Å². The molecule has 7 nitrogen and oxygen atoms in total. The Morgan fingerprint density at radius 2 is 1.62 bits per heavy atom. The van der Waals surface area contributed by atoms with E-state index < -0.39 is 24.4 Å². The first-order chi connectivity index (χ1) is 10.9. The molecule has 0 atom stereocenters. The fraction of sp³-hybridized carbons (Fsp3) is 0.583. The fourth-order valence-corrected chi connectivity index (χ4v) is 3.33. The van der Waals surface area contributed by atoms with Crippen molar-refractivity contribution in [2.45, 2.75) is 18.0 Å². The van der Waals surface area contributed by atoms with Crippen LogP contribution in [-0.4, -0.2) is 48.6 Å². The number of nitrogens with zero attached hydrogens (tertiary/aromatic N) is 1. The molecule has 0 aliphatic carbocycles. The molecule has 0 saturated carbocycles. The predicted octanol–water partition coefficient (Wildman–Crippen LogP) is 0.983. The quantitative estimate of drug-likeness (QED) is 0.311. The van der Waals surface area contributed by atoms with Gasteiger partial charge in [0, 0.05) is 45.9 Å². The van der Waals surface area contributed by atoms with Gasteiger partial charge < -0.3 is 17.8 Å². The molecule has 0 saturated heterocycles. The van der Waals surface area contributed by atoms with Crippen LogP contribution in [0.1, 0.15) is 5.69 Å². The molecule has 0 spiro atoms. The summed E-state index contributed by atoms with van der Waals surface area (Å²) >= 11 is 0. The van der Waals surface area contributed by atoms with E-state index >= 15 is 0 Å². The molecule has 1 aromatic heterocycles. The van der Waals surface area contributed by atoms with Crippen LogP contribution in [0.15, 0.2) is 24.4 Å². The van der Waals surface area contributed by atoms with Crippen molar-refractivity contribution in [1.82, 2.24) is 0 Å². The van der Waals surface area contributed by atoms with Gasteiger partial charge in [0.05, 0.1) is 0 Å². The van der Waals surface area contributed by atoms with Crippen LogP contribution in [-0.2, 0) is 36.9 Å². The standard InChI is InChI=1S/C11H20NO3Si.CHF3O3S/c1-12-9-6-5-7-11(12)8-10-16(13-2,14-3)15-4;2-1(3,4)8(5,6)7/h5-7,9H,8,10H2,1-4H3;(H,5,6,7)/q+1;/p-1. The van der Waals surface area contributed by atoms with Gasteiger partial charge in [0.25, 0.3) is 0 Å². The lowest BCUT2D eigenvalue weighted by molar-refractivity contribution is -0.679. The second-order valence-electron chi connectivity index (χ2n) is 4.50. The van der Waals surface area contributed by atoms with Gasteiger partial charge in [0.1, 0.15) is 7.05 Å². The molecule has 0 aliphatic heterocycles. The Kier molecular flexibility index (Phi) is 9.02. The second-order valence-corrected chi connectivity index (χ2v) is 8.96. The van der Waals surface area contributed by atoms with E-state index in [1.165, 1.54) is 5.69 Å². The number of rotatable bonds is 6. The number of alkyl halides is 3. The van der Waals surface area contributed by atoms with Crippen molar-refractivity contribution in [2.75, 3.05) is 21.3 Å². The normalized spacial score (nSPS) is 12.5. The van der Waals surface area contributed by atoms with E-state index in [0.717, 1.165) is 12.5 Å². The van der Waals surface area contributed by atoms with Crippen molar-refractivity contribution in [3.8, 4) is 0 Å². The molecule has 1 heterocycles. The summed E-state index contributed by atoms with van der Waals surface area (Å²) in [5.41, 5.74) is -4.40. The maximum absolute atomic E-state index is 10.7. The Morgan fingerprint density at radius 3 is 1.96 bits per heavy atom. The van der Waals surface area contributed by atoms with Gasteiger partial charge in [-0.25, -0.2) is 13.0 Å². The van der Waals surface area contributed by atoms with Crippen molar-refractivity contribution in [1.29, 1.82) is 0 Å². The SMILES string of the molecule is CO[Si](CCc1cccc[n+]1C)(OC)OC.O=S(=O)([O-])C(F)(F)F. The van der Waals surface area contributed by atoms with Gasteiger partial charge in [0.2, 0.25) is 0 Å². The summed E-state index contributed by atoms with van der Waals surface area (Å²) in [6, 6.07) is 6.93. The number of aryl methyl sites for hydroxylation is 2. The summed E-state index contributed by atoms with van der Waals surface area (Å²) in [5, 5.41) is 0. The number of pyridine rings is 1. The van der Waals surface area contributed by atoms with Crippen LogP contribution in [0.2, 0.25) is 6.04 Å². The van der Waals surface area contributed by atoms with Crippen molar-refractivity contribution in [3.63, 3.8) is 0 Å². The Bertz CT molecular complexity index is 599. The first kappa shape index (κ1) is 22.9. The zero-order valence-electron chi connectivity index (χ0n) is 13.7. The number of hydrogen-bond acceptors (Lipinski definition) is 6. The third kappa shape index (κ3) is 7.23. The molecule has 0 fully saturated rings. The van der Waals surface area contributed by atoms with Crippen molar-refractivity contribution < 1.29 is 44.0 Å². The van der Waals surface area contributed by atoms with Gasteiger partial charge in [-0.05, 0) is 0 Å². The van der Waals surface area contributed by atoms with E-state index in [4.69, 9.17) is 26.2 Å². The lowest BCUT2D eigenvalue weighted by Gasteiger charge is -2.23. The van der Waals surface area contributed by atoms with E-state index in [2.05, 4.69) is 10.6 Å². The summed E-state index contributed by atoms with van der Waals surface area (Å²) in [5.74, 6) is 0. The smallest absolute Gasteiger partial charge is 0.500 e. The van der Waals surface area contributed by atoms with Crippen molar-refractivity contribution in [3.05, 3.63) is 30.1 Å². The molecular weight excluding hydrogens is 371 g/mol. The molecule has 0 unspecified atom stereocenters. The summed E-state index contributed by atoms with van der Waals surface area (Å²) < 4.78 is 77.1. The van der Waals surface area contributed by atoms with Crippen molar-refractivity contribution in [2.24, 2.45) is 7.05 Å². The summed E-state index contributed by atoms with van der Waals surface area (Å²) in [6.07, 6.45) is 2.92. The Hall–Kier alpha value is -1.05. The van der Waals surface area contributed by atoms with E-state index in [-0.39, 0.29) is 0 Å². The largest absolute Gasteiger partial charge is 0.741 e. The average molecular weight is 391 g/mol. The fourth-order valence-electron chi connectivity index (χ4n) is 1.66. The van der Waals surface area contributed by atoms with Crippen LogP contribution in [0.25, 0.3) is 0 Å². The lowest BCUT2D eigenvalue weighted by Crippen LogP contribution is -2.44. The minimum absolute atomic E-state index is 0.786. The van der Waals surface area contributed by atoms with Crippen LogP contribution in [0.4, 0.5) is 13.2 Å². The van der Waals surface area contributed by atoms with Gasteiger partial charge in [-0.1, -0.05) is 6.07 Å². The van der Waals surface area contributed by atoms with Gasteiger partial charge in [-0.2, -0.15) is 13.2 Å². The average Bonchev–Trinajstić information content (AvgIpc) is 2.49. The van der Waals surface area contributed by atoms with E-state index in [1.807, 2.05) is 25.4 Å². The molecule has 1 rings (SSSR count). The minimum atomic E-state index is -6.09. The molecule has 0 aromatic carbocycles. The number of aromatic nitrogens is 1. The molecule has 24 heavy (non-hydrogen) atoms. The minimum Gasteiger partial charge on any atom is -0.741 e. The zero-order chi connectivity index (χ0) is 19.0. The molecule has 0 bridgehead atoms. The lowest BCUT2D eigenvalue weighted by atomic mass is 10.3. The highest BCUT2D eigenvalue weighted by atomic mass is 32.2. The molecule has 0 aliphatic rings. The molecule has 12 heteroatoms. The van der Waals surface area contributed by atoms with E-state index in [0.29, 0.717) is 0 Å². The van der Waals surface area contributed by atoms with E-state index in [1.54, 1.807) is 21.3 Å². The summed E-state index contributed by atoms with van der Waals surface area (Å²) in [6.45, 7) is 0. The highest BCUT2D eigenvalue weighted by Gasteiger charge is 2.38. The van der Waals surface area contributed by atoms with Crippen LogP contribution >= 0.6 is 0 Å². The third-order valence-corrected chi connectivity index (χ3v) is 6.36. The molecule has 0 N–H and O–H groups in total. The van der Waals surface area contributed by atoms with Crippen LogP contribution in [0.5, 0.6) is 0 Å².